The van der Waals surface area contributed by atoms with Gasteiger partial charge in [-0.2, -0.15) is 0 Å². The average Bonchev–Trinajstić information content (AvgIpc) is 2.81. The number of nitrogen functional groups attached to an aromatic ring is 1. The summed E-state index contributed by atoms with van der Waals surface area (Å²) in [6.07, 6.45) is 1.80. The molecule has 0 radical (unpaired) electrons. The number of aromatic nitrogens is 1. The molecule has 3 rings (SSSR count). The molecule has 0 aliphatic carbocycles. The van der Waals surface area contributed by atoms with E-state index in [2.05, 4.69) is 38.4 Å². The second-order valence-corrected chi connectivity index (χ2v) is 6.74. The Morgan fingerprint density at radius 2 is 2.11 bits per heavy atom. The molecule has 3 aromatic rings. The molecule has 0 spiro atoms. The summed E-state index contributed by atoms with van der Waals surface area (Å²) in [6, 6.07) is 12.0. The zero-order chi connectivity index (χ0) is 13.2. The molecule has 0 aliphatic heterocycles. The molecule has 0 saturated heterocycles. The Morgan fingerprint density at radius 3 is 2.89 bits per heavy atom. The van der Waals surface area contributed by atoms with E-state index in [0.717, 1.165) is 32.6 Å². The molecular weight excluding hydrogens is 322 g/mol. The molecule has 0 saturated carbocycles. The van der Waals surface area contributed by atoms with Crippen LogP contribution < -0.4 is 11.1 Å². The summed E-state index contributed by atoms with van der Waals surface area (Å²) in [6.45, 7) is 0.805. The number of hydrogen-bond acceptors (Lipinski definition) is 4. The fourth-order valence-electron chi connectivity index (χ4n) is 1.95. The predicted octanol–water partition coefficient (Wildman–Crippen LogP) is 4.25. The normalized spacial score (nSPS) is 10.8. The van der Waals surface area contributed by atoms with Crippen LogP contribution >= 0.6 is 27.3 Å². The molecule has 0 atom stereocenters. The van der Waals surface area contributed by atoms with Crippen molar-refractivity contribution in [2.24, 2.45) is 0 Å². The van der Waals surface area contributed by atoms with Gasteiger partial charge in [-0.05, 0) is 52.3 Å². The summed E-state index contributed by atoms with van der Waals surface area (Å²) < 4.78 is 1.15. The van der Waals surface area contributed by atoms with Crippen molar-refractivity contribution in [3.63, 3.8) is 0 Å². The first-order valence-corrected chi connectivity index (χ1v) is 7.46. The Hall–Kier alpha value is -1.59. The molecule has 0 fully saturated rings. The fourth-order valence-corrected chi connectivity index (χ4v) is 3.37. The molecule has 0 amide bonds. The Labute approximate surface area is 123 Å². The van der Waals surface area contributed by atoms with Crippen molar-refractivity contribution in [3.05, 3.63) is 51.3 Å². The van der Waals surface area contributed by atoms with E-state index in [1.165, 1.54) is 4.88 Å². The second-order valence-electron chi connectivity index (χ2n) is 4.19. The number of nitrogens with one attached hydrogen (secondary N) is 1. The largest absolute Gasteiger partial charge is 0.399 e. The van der Waals surface area contributed by atoms with Crippen molar-refractivity contribution in [3.8, 4) is 0 Å². The minimum atomic E-state index is 0.735. The lowest BCUT2D eigenvalue weighted by Crippen LogP contribution is -1.98. The van der Waals surface area contributed by atoms with E-state index in [1.54, 1.807) is 17.5 Å². The number of nitrogens with two attached hydrogens (primary N) is 1. The maximum atomic E-state index is 5.78. The zero-order valence-corrected chi connectivity index (χ0v) is 12.5. The lowest BCUT2D eigenvalue weighted by molar-refractivity contribution is 1.19. The van der Waals surface area contributed by atoms with Crippen LogP contribution in [0.15, 0.2) is 46.4 Å². The number of rotatable bonds is 3. The average molecular weight is 334 g/mol. The van der Waals surface area contributed by atoms with Gasteiger partial charge in [0.25, 0.3) is 0 Å². The lowest BCUT2D eigenvalue weighted by atomic mass is 10.1. The lowest BCUT2D eigenvalue weighted by Gasteiger charge is -2.08. The van der Waals surface area contributed by atoms with Gasteiger partial charge in [0, 0.05) is 34.4 Å². The Kier molecular flexibility index (Phi) is 3.40. The van der Waals surface area contributed by atoms with Crippen LogP contribution in [0.2, 0.25) is 0 Å². The number of anilines is 2. The van der Waals surface area contributed by atoms with Crippen LogP contribution in [0.25, 0.3) is 10.9 Å². The van der Waals surface area contributed by atoms with E-state index in [-0.39, 0.29) is 0 Å². The van der Waals surface area contributed by atoms with Crippen molar-refractivity contribution in [1.82, 2.24) is 4.98 Å². The van der Waals surface area contributed by atoms with Crippen molar-refractivity contribution < 1.29 is 0 Å². The van der Waals surface area contributed by atoms with E-state index < -0.39 is 0 Å². The fraction of sp³-hybridized carbons (Fsp3) is 0.0714. The number of benzene rings is 1. The van der Waals surface area contributed by atoms with Crippen LogP contribution in [0.4, 0.5) is 11.4 Å². The van der Waals surface area contributed by atoms with Crippen molar-refractivity contribution >= 4 is 49.5 Å². The van der Waals surface area contributed by atoms with Gasteiger partial charge in [0.1, 0.15) is 0 Å². The van der Waals surface area contributed by atoms with Gasteiger partial charge in [-0.15, -0.1) is 11.3 Å². The Bertz CT molecular complexity index is 724. The monoisotopic (exact) mass is 333 g/mol. The summed E-state index contributed by atoms with van der Waals surface area (Å²) in [5.41, 5.74) is 8.51. The minimum Gasteiger partial charge on any atom is -0.399 e. The zero-order valence-electron chi connectivity index (χ0n) is 10.1. The predicted molar refractivity (Wildman–Crippen MR) is 85.5 cm³/mol. The standard InChI is InChI=1S/C14H12BrN3S/c15-14-4-2-10(19-14)8-18-12-5-6-17-13-7-9(16)1-3-11(12)13/h1-7H,8,16H2,(H,17,18). The third-order valence-electron chi connectivity index (χ3n) is 2.85. The highest BCUT2D eigenvalue weighted by atomic mass is 79.9. The van der Waals surface area contributed by atoms with E-state index >= 15 is 0 Å². The molecule has 0 unspecified atom stereocenters. The van der Waals surface area contributed by atoms with Crippen LogP contribution in [-0.4, -0.2) is 4.98 Å². The Morgan fingerprint density at radius 1 is 1.21 bits per heavy atom. The highest BCUT2D eigenvalue weighted by Crippen LogP contribution is 2.26. The molecule has 2 aromatic heterocycles. The van der Waals surface area contributed by atoms with Gasteiger partial charge >= 0.3 is 0 Å². The highest BCUT2D eigenvalue weighted by molar-refractivity contribution is 9.11. The maximum absolute atomic E-state index is 5.78. The third-order valence-corrected chi connectivity index (χ3v) is 4.47. The molecule has 5 heteroatoms. The van der Waals surface area contributed by atoms with Gasteiger partial charge in [-0.1, -0.05) is 0 Å². The van der Waals surface area contributed by atoms with Gasteiger partial charge in [0.2, 0.25) is 0 Å². The third kappa shape index (κ3) is 2.72. The molecule has 0 aliphatic rings. The van der Waals surface area contributed by atoms with Gasteiger partial charge in [-0.25, -0.2) is 0 Å². The number of pyridine rings is 1. The van der Waals surface area contributed by atoms with Crippen molar-refractivity contribution in [2.75, 3.05) is 11.1 Å². The van der Waals surface area contributed by atoms with Crippen molar-refractivity contribution in [2.45, 2.75) is 6.54 Å². The number of thiophene rings is 1. The van der Waals surface area contributed by atoms with Crippen LogP contribution in [0.5, 0.6) is 0 Å². The molecule has 3 nitrogen and oxygen atoms in total. The molecule has 2 heterocycles. The first-order valence-electron chi connectivity index (χ1n) is 5.85. The molecular formula is C14H12BrN3S. The maximum Gasteiger partial charge on any atom is 0.0743 e. The van der Waals surface area contributed by atoms with Crippen molar-refractivity contribution in [1.29, 1.82) is 0 Å². The highest BCUT2D eigenvalue weighted by Gasteiger charge is 2.03. The van der Waals surface area contributed by atoms with Gasteiger partial charge in [-0.3, -0.25) is 4.98 Å². The number of hydrogen-bond donors (Lipinski definition) is 2. The van der Waals surface area contributed by atoms with Gasteiger partial charge in [0.15, 0.2) is 0 Å². The molecule has 3 N–H and O–H groups in total. The van der Waals surface area contributed by atoms with Gasteiger partial charge < -0.3 is 11.1 Å². The van der Waals surface area contributed by atoms with E-state index in [4.69, 9.17) is 5.73 Å². The first kappa shape index (κ1) is 12.4. The topological polar surface area (TPSA) is 50.9 Å². The molecule has 96 valence electrons. The minimum absolute atomic E-state index is 0.735. The van der Waals surface area contributed by atoms with Crippen LogP contribution in [0.1, 0.15) is 4.88 Å². The van der Waals surface area contributed by atoms with Crippen LogP contribution in [0.3, 0.4) is 0 Å². The van der Waals surface area contributed by atoms with E-state index in [1.807, 2.05) is 24.3 Å². The molecule has 19 heavy (non-hydrogen) atoms. The molecule has 1 aromatic carbocycles. The summed E-state index contributed by atoms with van der Waals surface area (Å²) in [5, 5.41) is 4.54. The quantitative estimate of drug-likeness (QED) is 0.704. The van der Waals surface area contributed by atoms with Crippen LogP contribution in [0, 0.1) is 0 Å². The Balaban J connectivity index is 1.88. The number of fused-ring (bicyclic) bond motifs is 1. The summed E-state index contributed by atoms with van der Waals surface area (Å²) in [5.74, 6) is 0. The summed E-state index contributed by atoms with van der Waals surface area (Å²) >= 11 is 5.21. The second kappa shape index (κ2) is 5.19. The summed E-state index contributed by atoms with van der Waals surface area (Å²) in [7, 11) is 0. The van der Waals surface area contributed by atoms with Gasteiger partial charge in [0.05, 0.1) is 9.30 Å². The van der Waals surface area contributed by atoms with E-state index in [0.29, 0.717) is 0 Å². The SMILES string of the molecule is Nc1ccc2c(NCc3ccc(Br)s3)ccnc2c1. The summed E-state index contributed by atoms with van der Waals surface area (Å²) in [4.78, 5) is 5.62. The number of halogens is 1. The first-order chi connectivity index (χ1) is 9.22. The number of nitrogens with zero attached hydrogens (tertiary/aromatic N) is 1. The van der Waals surface area contributed by atoms with E-state index in [9.17, 15) is 0 Å². The molecule has 0 bridgehead atoms. The van der Waals surface area contributed by atoms with Crippen LogP contribution in [-0.2, 0) is 6.54 Å². The smallest absolute Gasteiger partial charge is 0.0743 e.